The number of nitrogens with one attached hydrogen (secondary N) is 2. The van der Waals surface area contributed by atoms with Gasteiger partial charge < -0.3 is 27.8 Å². The average Bonchev–Trinajstić information content (AvgIpc) is 2.51. The van der Waals surface area contributed by atoms with Crippen LogP contribution in [0, 0.1) is 0 Å². The molecule has 0 saturated carbocycles. The van der Waals surface area contributed by atoms with Gasteiger partial charge in [-0.2, -0.15) is 0 Å². The number of aromatic nitrogens is 2. The van der Waals surface area contributed by atoms with E-state index in [1.807, 2.05) is 6.92 Å². The maximum absolute atomic E-state index is 11.5. The maximum Gasteiger partial charge on any atom is 0.271 e. The molecule has 1 aromatic heterocycles. The summed E-state index contributed by atoms with van der Waals surface area (Å²) in [6.07, 6.45) is 3.91. The summed E-state index contributed by atoms with van der Waals surface area (Å²) < 4.78 is 0. The number of allylic oxidation sites excluding steroid dienone is 1. The van der Waals surface area contributed by atoms with Crippen LogP contribution in [0.25, 0.3) is 0 Å². The van der Waals surface area contributed by atoms with Gasteiger partial charge >= 0.3 is 0 Å². The van der Waals surface area contributed by atoms with Gasteiger partial charge in [0.1, 0.15) is 16.8 Å². The highest BCUT2D eigenvalue weighted by atomic mass is 32.1. The summed E-state index contributed by atoms with van der Waals surface area (Å²) in [7, 11) is 0. The van der Waals surface area contributed by atoms with Crippen molar-refractivity contribution in [1.29, 1.82) is 0 Å². The molecule has 0 spiro atoms. The molecule has 1 atom stereocenters. The third-order valence-electron chi connectivity index (χ3n) is 3.05. The molecule has 24 heavy (non-hydrogen) atoms. The van der Waals surface area contributed by atoms with Gasteiger partial charge in [0.15, 0.2) is 11.5 Å². The van der Waals surface area contributed by atoms with Gasteiger partial charge in [0.25, 0.3) is 5.91 Å². The number of carbonyl (C=O) groups excluding carboxylic acids is 2. The Morgan fingerprint density at radius 3 is 2.50 bits per heavy atom. The smallest absolute Gasteiger partial charge is 0.271 e. The highest BCUT2D eigenvalue weighted by Gasteiger charge is 2.17. The van der Waals surface area contributed by atoms with Crippen molar-refractivity contribution >= 4 is 40.7 Å². The minimum atomic E-state index is -0.770. The van der Waals surface area contributed by atoms with Crippen LogP contribution >= 0.6 is 12.2 Å². The number of nitrogens with zero attached hydrogens (tertiary/aromatic N) is 2. The summed E-state index contributed by atoms with van der Waals surface area (Å²) in [5.41, 5.74) is 16.8. The maximum atomic E-state index is 11.5. The first-order chi connectivity index (χ1) is 11.3. The van der Waals surface area contributed by atoms with Gasteiger partial charge in [0.2, 0.25) is 5.91 Å². The number of hydrogen-bond acceptors (Lipinski definition) is 7. The third kappa shape index (κ3) is 5.47. The Morgan fingerprint density at radius 1 is 1.33 bits per heavy atom. The van der Waals surface area contributed by atoms with E-state index in [2.05, 4.69) is 20.6 Å². The van der Waals surface area contributed by atoms with Crippen LogP contribution in [0.5, 0.6) is 0 Å². The van der Waals surface area contributed by atoms with Crippen LogP contribution in [0.1, 0.15) is 37.2 Å². The van der Waals surface area contributed by atoms with E-state index in [4.69, 9.17) is 29.4 Å². The number of carbonyl (C=O) groups is 2. The van der Waals surface area contributed by atoms with Crippen molar-refractivity contribution in [2.75, 3.05) is 10.6 Å². The van der Waals surface area contributed by atoms with Gasteiger partial charge in [0, 0.05) is 5.70 Å². The summed E-state index contributed by atoms with van der Waals surface area (Å²) in [6, 6.07) is -0.617. The first-order valence-corrected chi connectivity index (χ1v) is 7.69. The summed E-state index contributed by atoms with van der Waals surface area (Å²) in [6.45, 7) is 3.67. The topological polar surface area (TPSA) is 162 Å². The molecule has 0 aliphatic carbocycles. The predicted molar refractivity (Wildman–Crippen MR) is 96.2 cm³/mol. The quantitative estimate of drug-likeness (QED) is 0.328. The second-order valence-electron chi connectivity index (χ2n) is 4.89. The van der Waals surface area contributed by atoms with E-state index in [1.54, 1.807) is 13.0 Å². The molecule has 0 unspecified atom stereocenters. The van der Waals surface area contributed by atoms with E-state index in [1.165, 1.54) is 6.20 Å². The first-order valence-electron chi connectivity index (χ1n) is 7.28. The van der Waals surface area contributed by atoms with E-state index in [0.29, 0.717) is 18.5 Å². The van der Waals surface area contributed by atoms with Crippen molar-refractivity contribution in [3.05, 3.63) is 23.7 Å². The van der Waals surface area contributed by atoms with Crippen LogP contribution in [0.4, 0.5) is 11.6 Å². The highest BCUT2D eigenvalue weighted by Crippen LogP contribution is 2.15. The van der Waals surface area contributed by atoms with E-state index < -0.39 is 17.9 Å². The zero-order valence-corrected chi connectivity index (χ0v) is 14.3. The number of amides is 2. The van der Waals surface area contributed by atoms with Crippen LogP contribution in [-0.2, 0) is 4.79 Å². The lowest BCUT2D eigenvalue weighted by atomic mass is 10.2. The molecule has 0 radical (unpaired) electrons. The molecular formula is C14H21N7O2S. The Bertz CT molecular complexity index is 675. The van der Waals surface area contributed by atoms with Gasteiger partial charge in [-0.25, -0.2) is 9.97 Å². The van der Waals surface area contributed by atoms with Crippen LogP contribution in [-0.4, -0.2) is 32.8 Å². The Balaban J connectivity index is 3.11. The zero-order valence-electron chi connectivity index (χ0n) is 13.5. The summed E-state index contributed by atoms with van der Waals surface area (Å²) >= 11 is 5.14. The van der Waals surface area contributed by atoms with Gasteiger partial charge in [-0.3, -0.25) is 9.59 Å². The minimum absolute atomic E-state index is 0.0666. The molecule has 10 heteroatoms. The number of primary amides is 2. The largest absolute Gasteiger partial charge is 0.402 e. The lowest BCUT2D eigenvalue weighted by molar-refractivity contribution is -0.118. The number of anilines is 2. The van der Waals surface area contributed by atoms with Crippen molar-refractivity contribution in [3.63, 3.8) is 0 Å². The lowest BCUT2D eigenvalue weighted by Gasteiger charge is -2.15. The third-order valence-corrected chi connectivity index (χ3v) is 3.27. The molecule has 0 aromatic carbocycles. The normalized spacial score (nSPS) is 12.3. The average molecular weight is 351 g/mol. The second-order valence-corrected chi connectivity index (χ2v) is 5.33. The van der Waals surface area contributed by atoms with Crippen LogP contribution < -0.4 is 27.8 Å². The fraction of sp³-hybridized carbons (Fsp3) is 0.357. The molecule has 0 saturated heterocycles. The Labute approximate surface area is 145 Å². The van der Waals surface area contributed by atoms with Crippen LogP contribution in [0.15, 0.2) is 18.0 Å². The zero-order chi connectivity index (χ0) is 18.3. The molecule has 8 N–H and O–H groups in total. The summed E-state index contributed by atoms with van der Waals surface area (Å²) in [4.78, 5) is 31.2. The Morgan fingerprint density at radius 2 is 2.00 bits per heavy atom. The Hall–Kier alpha value is -2.75. The number of nitrogens with two attached hydrogens (primary N) is 3. The van der Waals surface area contributed by atoms with E-state index >= 15 is 0 Å². The number of rotatable bonds is 8. The molecule has 2 amide bonds. The molecule has 1 aromatic rings. The molecule has 1 heterocycles. The molecule has 9 nitrogen and oxygen atoms in total. The minimum Gasteiger partial charge on any atom is -0.402 e. The van der Waals surface area contributed by atoms with Crippen molar-refractivity contribution in [1.82, 2.24) is 9.97 Å². The predicted octanol–water partition coefficient (Wildman–Crippen LogP) is 0.243. The standard InChI is InChI=1S/C14H21N7O2S/c1-3-7(15)5-10(24)21-14-11(13(17)23)18-6-9(20-14)19-8(4-2)12(16)22/h5-6,8H,3-4,15H2,1-2H3,(H2,16,22)(H2,17,23)(H2,19,20,21,24)/b7-5-/t8-/m1/s1. The number of hydrogen-bond donors (Lipinski definition) is 5. The second kappa shape index (κ2) is 8.77. The summed E-state index contributed by atoms with van der Waals surface area (Å²) in [5.74, 6) is -0.976. The van der Waals surface area contributed by atoms with Crippen molar-refractivity contribution in [2.24, 2.45) is 17.2 Å². The fourth-order valence-electron chi connectivity index (χ4n) is 1.70. The molecule has 1 rings (SSSR count). The molecule has 0 aliphatic rings. The van der Waals surface area contributed by atoms with Gasteiger partial charge in [-0.15, -0.1) is 0 Å². The fourth-order valence-corrected chi connectivity index (χ4v) is 1.95. The van der Waals surface area contributed by atoms with Crippen molar-refractivity contribution in [2.45, 2.75) is 32.7 Å². The van der Waals surface area contributed by atoms with Gasteiger partial charge in [-0.1, -0.05) is 26.1 Å². The molecule has 130 valence electrons. The molecule has 0 fully saturated rings. The molecular weight excluding hydrogens is 330 g/mol. The molecule has 0 aliphatic heterocycles. The lowest BCUT2D eigenvalue weighted by Crippen LogP contribution is -2.35. The van der Waals surface area contributed by atoms with Gasteiger partial charge in [-0.05, 0) is 18.9 Å². The van der Waals surface area contributed by atoms with Crippen molar-refractivity contribution in [3.8, 4) is 0 Å². The van der Waals surface area contributed by atoms with Crippen LogP contribution in [0.3, 0.4) is 0 Å². The molecule has 0 bridgehead atoms. The summed E-state index contributed by atoms with van der Waals surface area (Å²) in [5, 5.41) is 5.60. The SMILES string of the molecule is CC/C(N)=C/C(=S)Nc1nc(N[C@H](CC)C(N)=O)cnc1C(N)=O. The van der Waals surface area contributed by atoms with E-state index in [-0.39, 0.29) is 22.3 Å². The monoisotopic (exact) mass is 351 g/mol. The van der Waals surface area contributed by atoms with E-state index in [9.17, 15) is 9.59 Å². The van der Waals surface area contributed by atoms with Crippen molar-refractivity contribution < 1.29 is 9.59 Å². The number of thiocarbonyl (C=S) groups is 1. The Kier molecular flexibility index (Phi) is 7.05. The van der Waals surface area contributed by atoms with Crippen LogP contribution in [0.2, 0.25) is 0 Å². The first kappa shape index (κ1) is 19.3. The van der Waals surface area contributed by atoms with Gasteiger partial charge in [0.05, 0.1) is 6.20 Å². The highest BCUT2D eigenvalue weighted by molar-refractivity contribution is 7.81. The van der Waals surface area contributed by atoms with E-state index in [0.717, 1.165) is 0 Å².